The van der Waals surface area contributed by atoms with E-state index in [1.54, 1.807) is 13.8 Å². The van der Waals surface area contributed by atoms with Gasteiger partial charge in [-0.05, 0) is 69.5 Å². The average Bonchev–Trinajstić information content (AvgIpc) is 3.15. The molecule has 14 heteroatoms. The zero-order valence-electron chi connectivity index (χ0n) is 29.5. The van der Waals surface area contributed by atoms with Gasteiger partial charge in [0.15, 0.2) is 5.78 Å². The van der Waals surface area contributed by atoms with Gasteiger partial charge in [0.05, 0.1) is 31.8 Å². The molecule has 280 valence electrons. The Morgan fingerprint density at radius 2 is 1.17 bits per heavy atom. The highest BCUT2D eigenvalue weighted by Gasteiger charge is 2.44. The van der Waals surface area contributed by atoms with Crippen LogP contribution in [0.2, 0.25) is 0 Å². The Balaban J connectivity index is 0.00000936. The molecule has 3 aromatic rings. The van der Waals surface area contributed by atoms with Gasteiger partial charge in [-0.15, -0.1) is 4.91 Å². The normalized spacial score (nSPS) is 12.0. The third-order valence-electron chi connectivity index (χ3n) is 8.20. The molecule has 3 rings (SSSR count). The first kappa shape index (κ1) is 44.2. The third kappa shape index (κ3) is 13.9. The predicted molar refractivity (Wildman–Crippen MR) is 203 cm³/mol. The van der Waals surface area contributed by atoms with Gasteiger partial charge < -0.3 is 37.1 Å². The minimum Gasteiger partial charge on any atom is -1.00 e. The van der Waals surface area contributed by atoms with Gasteiger partial charge >= 0.3 is 11.9 Å². The number of hydrogen-bond acceptors (Lipinski definition) is 10. The van der Waals surface area contributed by atoms with Crippen LogP contribution in [0.15, 0.2) is 95.6 Å². The zero-order chi connectivity index (χ0) is 36.9. The van der Waals surface area contributed by atoms with Crippen molar-refractivity contribution in [1.82, 2.24) is 10.6 Å². The molecule has 0 saturated heterocycles. The molecule has 0 aromatic heterocycles. The van der Waals surface area contributed by atoms with Gasteiger partial charge in [-0.25, -0.2) is 4.79 Å². The number of carbonyl (C=O) groups is 5. The quantitative estimate of drug-likeness (QED) is 0.0479. The third-order valence-corrected chi connectivity index (χ3v) is 13.3. The van der Waals surface area contributed by atoms with Crippen LogP contribution in [0.5, 0.6) is 0 Å². The fraction of sp³-hybridized carbons (Fsp3) is 0.395. The summed E-state index contributed by atoms with van der Waals surface area (Å²) in [7, 11) is -2.05. The number of rotatable bonds is 23. The highest BCUT2D eigenvalue weighted by Crippen LogP contribution is 2.55. The number of ether oxygens (including phenoxy) is 2. The Labute approximate surface area is 321 Å². The number of carbonyl (C=O) groups excluding carboxylic acids is 5. The largest absolute Gasteiger partial charge is 1.00 e. The van der Waals surface area contributed by atoms with E-state index in [0.29, 0.717) is 18.4 Å². The molecule has 2 N–H and O–H groups in total. The van der Waals surface area contributed by atoms with Crippen molar-refractivity contribution >= 4 is 64.7 Å². The monoisotopic (exact) mass is 815 g/mol. The number of Topliss-reactive ketones (excluding diaryl/α,β-unsaturated/α-hetero) is 1. The summed E-state index contributed by atoms with van der Waals surface area (Å²) < 4.78 is 12.7. The number of benzene rings is 3. The fourth-order valence-electron chi connectivity index (χ4n) is 5.77. The number of ketones is 1. The minimum atomic E-state index is -2.05. The Morgan fingerprint density at radius 1 is 0.673 bits per heavy atom. The van der Waals surface area contributed by atoms with Crippen LogP contribution in [0.4, 0.5) is 0 Å². The Kier molecular flexibility index (Phi) is 20.7. The van der Waals surface area contributed by atoms with Crippen LogP contribution in [0.25, 0.3) is 0 Å². The molecule has 0 bridgehead atoms. The maximum Gasteiger partial charge on any atom is 0.328 e. The molecule has 0 radical (unpaired) electrons. The van der Waals surface area contributed by atoms with Gasteiger partial charge in [-0.2, -0.15) is 0 Å². The second kappa shape index (κ2) is 24.3. The summed E-state index contributed by atoms with van der Waals surface area (Å²) in [4.78, 5) is 73.9. The summed E-state index contributed by atoms with van der Waals surface area (Å²) in [5, 5.41) is 9.08. The molecule has 52 heavy (non-hydrogen) atoms. The Hall–Kier alpha value is -3.93. The van der Waals surface area contributed by atoms with Crippen molar-refractivity contribution in [2.45, 2.75) is 70.9 Å². The standard InChI is InChI=1S/C38H46N3O8PS.BrH/c1-3-48-37(45)26-24-34(42)33(28-51-41-47)40-36(44)25-23-32(38(46)49-4-2)39-35(43)22-14-15-27-50(29-16-8-5-9-17-29,30-18-10-6-11-19-30)31-20-12-7-13-21-31;/h5-13,16-21,32-33H,3-4,14-15,22-28H2,1-2H3,(H-,39,40,43,44);1H. The molecule has 0 heterocycles. The molecule has 11 nitrogen and oxygen atoms in total. The van der Waals surface area contributed by atoms with Gasteiger partial charge in [0.2, 0.25) is 11.8 Å². The van der Waals surface area contributed by atoms with E-state index in [1.165, 1.54) is 15.9 Å². The van der Waals surface area contributed by atoms with Crippen LogP contribution in [0.3, 0.4) is 0 Å². The lowest BCUT2D eigenvalue weighted by atomic mass is 10.1. The highest BCUT2D eigenvalue weighted by atomic mass is 79.9. The summed E-state index contributed by atoms with van der Waals surface area (Å²) in [6, 6.07) is 29.3. The lowest BCUT2D eigenvalue weighted by Gasteiger charge is -2.27. The number of hydrogen-bond donors (Lipinski definition) is 2. The summed E-state index contributed by atoms with van der Waals surface area (Å²) in [6.07, 6.45) is 1.73. The maximum absolute atomic E-state index is 13.2. The van der Waals surface area contributed by atoms with Crippen LogP contribution < -0.4 is 43.5 Å². The van der Waals surface area contributed by atoms with E-state index in [4.69, 9.17) is 9.47 Å². The number of esters is 2. The van der Waals surface area contributed by atoms with Crippen molar-refractivity contribution in [2.75, 3.05) is 25.1 Å². The summed E-state index contributed by atoms with van der Waals surface area (Å²) in [6.45, 7) is 3.57. The summed E-state index contributed by atoms with van der Waals surface area (Å²) in [5.74, 6) is -2.68. The summed E-state index contributed by atoms with van der Waals surface area (Å²) in [5.41, 5.74) is 0. The predicted octanol–water partition coefficient (Wildman–Crippen LogP) is 1.79. The van der Waals surface area contributed by atoms with Gasteiger partial charge in [-0.1, -0.05) is 54.6 Å². The van der Waals surface area contributed by atoms with Crippen molar-refractivity contribution in [2.24, 2.45) is 4.58 Å². The number of nitroso groups, excluding NO2 is 1. The molecule has 0 spiro atoms. The molecule has 0 aliphatic rings. The Bertz CT molecular complexity index is 1470. The average molecular weight is 817 g/mol. The van der Waals surface area contributed by atoms with E-state index in [0.717, 1.165) is 12.6 Å². The SMILES string of the molecule is CCOC(=O)CCC(=O)C(CSN=O)NC(=O)CCC(NC(=O)CCCC[P+](c1ccccc1)(c1ccccc1)c1ccccc1)C(=O)OCC.[Br-]. The van der Waals surface area contributed by atoms with Crippen molar-refractivity contribution in [1.29, 1.82) is 0 Å². The molecule has 3 aromatic carbocycles. The molecule has 0 saturated carbocycles. The number of halogens is 1. The zero-order valence-corrected chi connectivity index (χ0v) is 32.8. The highest BCUT2D eigenvalue weighted by molar-refractivity contribution is 7.98. The molecule has 0 aliphatic carbocycles. The molecule has 0 aliphatic heterocycles. The Morgan fingerprint density at radius 3 is 1.67 bits per heavy atom. The fourth-order valence-corrected chi connectivity index (χ4v) is 10.7. The van der Waals surface area contributed by atoms with E-state index >= 15 is 0 Å². The molecule has 2 atom stereocenters. The van der Waals surface area contributed by atoms with Gasteiger partial charge in [0.25, 0.3) is 0 Å². The number of amides is 2. The van der Waals surface area contributed by atoms with Crippen molar-refractivity contribution in [3.63, 3.8) is 0 Å². The van der Waals surface area contributed by atoms with Crippen molar-refractivity contribution < 1.29 is 50.4 Å². The number of nitrogens with zero attached hydrogens (tertiary/aromatic N) is 1. The van der Waals surface area contributed by atoms with Crippen LogP contribution >= 0.6 is 19.2 Å². The molecule has 2 unspecified atom stereocenters. The van der Waals surface area contributed by atoms with Crippen LogP contribution in [0.1, 0.15) is 58.8 Å². The van der Waals surface area contributed by atoms with Crippen LogP contribution in [0, 0.1) is 4.91 Å². The van der Waals surface area contributed by atoms with Crippen LogP contribution in [-0.4, -0.2) is 66.7 Å². The molecular weight excluding hydrogens is 769 g/mol. The lowest BCUT2D eigenvalue weighted by Crippen LogP contribution is -3.00. The first-order valence-corrected chi connectivity index (χ1v) is 20.1. The van der Waals surface area contributed by atoms with Crippen molar-refractivity contribution in [3.8, 4) is 0 Å². The minimum absolute atomic E-state index is 0. The van der Waals surface area contributed by atoms with Gasteiger partial charge in [-0.3, -0.25) is 19.2 Å². The maximum atomic E-state index is 13.2. The van der Waals surface area contributed by atoms with E-state index in [-0.39, 0.29) is 74.0 Å². The topological polar surface area (TPSA) is 157 Å². The first-order valence-electron chi connectivity index (χ1n) is 17.2. The second-order valence-electron chi connectivity index (χ2n) is 11.7. The van der Waals surface area contributed by atoms with Crippen LogP contribution in [-0.2, 0) is 33.4 Å². The van der Waals surface area contributed by atoms with E-state index in [2.05, 4.69) is 88.0 Å². The molecule has 0 fully saturated rings. The smallest absolute Gasteiger partial charge is 0.328 e. The summed E-state index contributed by atoms with van der Waals surface area (Å²) >= 11 is 0.571. The number of nitrogens with one attached hydrogen (secondary N) is 2. The first-order chi connectivity index (χ1) is 24.7. The number of unbranched alkanes of at least 4 members (excludes halogenated alkanes) is 1. The van der Waals surface area contributed by atoms with Crippen molar-refractivity contribution in [3.05, 3.63) is 95.9 Å². The lowest BCUT2D eigenvalue weighted by molar-refractivity contribution is -0.147. The van der Waals surface area contributed by atoms with Gasteiger partial charge in [0.1, 0.15) is 29.2 Å². The molecular formula is C38H47BrN3O8PS. The van der Waals surface area contributed by atoms with Gasteiger partial charge in [0, 0.05) is 41.5 Å². The van der Waals surface area contributed by atoms with E-state index in [1.807, 2.05) is 18.2 Å². The van der Waals surface area contributed by atoms with E-state index < -0.39 is 43.0 Å². The second-order valence-corrected chi connectivity index (χ2v) is 16.0. The van der Waals surface area contributed by atoms with E-state index in [9.17, 15) is 28.9 Å². The molecule has 2 amide bonds.